The molecule has 0 bridgehead atoms. The minimum Gasteiger partial charge on any atom is -0.480 e. The number of aliphatic carboxylic acids is 1. The quantitative estimate of drug-likeness (QED) is 0.0216. The lowest BCUT2D eigenvalue weighted by atomic mass is 10.0. The van der Waals surface area contributed by atoms with E-state index in [-0.39, 0.29) is 50.7 Å². The Balaban J connectivity index is 5.95. The molecule has 0 aromatic heterocycles. The van der Waals surface area contributed by atoms with Crippen molar-refractivity contribution >= 4 is 47.4 Å². The van der Waals surface area contributed by atoms with Gasteiger partial charge in [-0.2, -0.15) is 0 Å². The first-order valence-electron chi connectivity index (χ1n) is 16.2. The first-order chi connectivity index (χ1) is 23.2. The number of amides is 5. The van der Waals surface area contributed by atoms with E-state index in [9.17, 15) is 28.8 Å². The van der Waals surface area contributed by atoms with E-state index in [1.165, 1.54) is 0 Å². The highest BCUT2D eigenvalue weighted by Crippen LogP contribution is 2.08. The van der Waals surface area contributed by atoms with Crippen molar-refractivity contribution in [1.29, 1.82) is 0 Å². The summed E-state index contributed by atoms with van der Waals surface area (Å²) in [4.78, 5) is 83.4. The number of rotatable bonds is 27. The zero-order chi connectivity index (χ0) is 37.2. The van der Waals surface area contributed by atoms with Crippen molar-refractivity contribution in [2.45, 2.75) is 88.4 Å². The summed E-state index contributed by atoms with van der Waals surface area (Å²) in [7, 11) is 0. The Morgan fingerprint density at radius 2 is 0.980 bits per heavy atom. The summed E-state index contributed by atoms with van der Waals surface area (Å²) in [5.74, 6) is -5.04. The van der Waals surface area contributed by atoms with Gasteiger partial charge in [0.15, 0.2) is 11.9 Å². The van der Waals surface area contributed by atoms with E-state index in [0.29, 0.717) is 51.6 Å². The van der Waals surface area contributed by atoms with Gasteiger partial charge in [-0.05, 0) is 70.9 Å². The average molecular weight is 701 g/mol. The Bertz CT molecular complexity index is 1110. The summed E-state index contributed by atoms with van der Waals surface area (Å²) >= 11 is 0. The molecule has 0 aliphatic carbocycles. The van der Waals surface area contributed by atoms with E-state index < -0.39 is 72.8 Å². The molecule has 0 saturated carbocycles. The third-order valence-corrected chi connectivity index (χ3v) is 6.90. The smallest absolute Gasteiger partial charge is 0.322 e. The van der Waals surface area contributed by atoms with Crippen molar-refractivity contribution in [2.75, 3.05) is 39.3 Å². The number of carbonyl (C=O) groups excluding carboxylic acids is 5. The molecule has 0 radical (unpaired) electrons. The number of nitrogens with two attached hydrogens (primary N) is 7. The van der Waals surface area contributed by atoms with Crippen LogP contribution in [0.1, 0.15) is 64.2 Å². The number of hydrogen-bond acceptors (Lipinski definition) is 11. The molecule has 0 heterocycles. The van der Waals surface area contributed by atoms with Gasteiger partial charge in [-0.25, -0.2) is 0 Å². The predicted octanol–water partition coefficient (Wildman–Crippen LogP) is -5.55. The molecule has 0 fully saturated rings. The lowest BCUT2D eigenvalue weighted by molar-refractivity contribution is -0.138. The van der Waals surface area contributed by atoms with E-state index >= 15 is 0 Å². The van der Waals surface area contributed by atoms with Crippen molar-refractivity contribution in [2.24, 2.45) is 50.1 Å². The second-order valence-corrected chi connectivity index (χ2v) is 11.1. The molecule has 4 atom stereocenters. The van der Waals surface area contributed by atoms with Crippen LogP contribution in [-0.2, 0) is 28.8 Å². The summed E-state index contributed by atoms with van der Waals surface area (Å²) in [6.45, 7) is -0.123. The summed E-state index contributed by atoms with van der Waals surface area (Å²) < 4.78 is 0. The van der Waals surface area contributed by atoms with Gasteiger partial charge in [0.2, 0.25) is 29.5 Å². The van der Waals surface area contributed by atoms with Crippen molar-refractivity contribution in [3.63, 3.8) is 0 Å². The van der Waals surface area contributed by atoms with Crippen LogP contribution in [-0.4, -0.2) is 116 Å². The van der Waals surface area contributed by atoms with Crippen LogP contribution in [0.2, 0.25) is 0 Å². The molecule has 5 amide bonds. The number of unbranched alkanes of at least 4 members (excludes halogenated alkanes) is 2. The second kappa shape index (κ2) is 26.2. The Morgan fingerprint density at radius 1 is 0.551 bits per heavy atom. The van der Waals surface area contributed by atoms with Gasteiger partial charge >= 0.3 is 5.97 Å². The molecule has 0 aliphatic rings. The van der Waals surface area contributed by atoms with Crippen LogP contribution in [0, 0.1) is 0 Å². The van der Waals surface area contributed by atoms with Crippen molar-refractivity contribution in [3.8, 4) is 0 Å². The minimum absolute atomic E-state index is 0.0417. The molecular weight excluding hydrogens is 644 g/mol. The van der Waals surface area contributed by atoms with Gasteiger partial charge in [-0.15, -0.1) is 0 Å². The zero-order valence-electron chi connectivity index (χ0n) is 28.0. The van der Waals surface area contributed by atoms with Gasteiger partial charge in [0.05, 0.1) is 12.6 Å². The number of carboxylic acid groups (broad SMARTS) is 1. The standard InChI is InChI=1S/C28H56N14O7/c29-11-3-1-7-17(31)23(46)40-20(10-6-14-37-28(34)35)26(49)42-19(8-2-4-12-30)25(48)41-18(9-5-13-36-27(32)33)24(47)39-15-21(43)38-16-22(44)45/h17-20H,1-16,29-31H2,(H,38,43)(H,39,47)(H,40,46)(H,41,48)(H,42,49)(H,44,45)(H4,32,33,36)(H4,34,35,37). The summed E-state index contributed by atoms with van der Waals surface area (Å²) in [6.07, 6.45) is 3.46. The molecule has 0 rings (SSSR count). The van der Waals surface area contributed by atoms with E-state index in [1.807, 2.05) is 0 Å². The molecule has 49 heavy (non-hydrogen) atoms. The number of carboxylic acids is 1. The highest BCUT2D eigenvalue weighted by atomic mass is 16.4. The van der Waals surface area contributed by atoms with E-state index in [2.05, 4.69) is 36.6 Å². The Hall–Kier alpha value is -4.76. The molecular formula is C28H56N14O7. The van der Waals surface area contributed by atoms with Crippen LogP contribution < -0.4 is 66.7 Å². The van der Waals surface area contributed by atoms with Crippen LogP contribution in [0.4, 0.5) is 0 Å². The molecule has 21 nitrogen and oxygen atoms in total. The molecule has 21 heteroatoms. The van der Waals surface area contributed by atoms with Gasteiger partial charge < -0.3 is 71.8 Å². The molecule has 280 valence electrons. The second-order valence-electron chi connectivity index (χ2n) is 11.1. The van der Waals surface area contributed by atoms with Gasteiger partial charge in [-0.3, -0.25) is 38.8 Å². The molecule has 4 unspecified atom stereocenters. The monoisotopic (exact) mass is 700 g/mol. The molecule has 0 saturated heterocycles. The summed E-state index contributed by atoms with van der Waals surface area (Å²) in [6, 6.07) is -4.34. The number of carbonyl (C=O) groups is 6. The summed E-state index contributed by atoms with van der Waals surface area (Å²) in [5, 5.41) is 21.1. The number of nitrogens with zero attached hydrogens (tertiary/aromatic N) is 2. The Kier molecular flexibility index (Phi) is 23.7. The number of nitrogens with one attached hydrogen (secondary N) is 5. The minimum atomic E-state index is -1.27. The topological polar surface area (TPSA) is 390 Å². The Labute approximate surface area is 285 Å². The average Bonchev–Trinajstić information content (AvgIpc) is 3.04. The number of hydrogen-bond donors (Lipinski definition) is 13. The molecule has 20 N–H and O–H groups in total. The molecule has 0 spiro atoms. The summed E-state index contributed by atoms with van der Waals surface area (Å²) in [5.41, 5.74) is 38.7. The van der Waals surface area contributed by atoms with Gasteiger partial charge in [-0.1, -0.05) is 6.42 Å². The molecule has 0 aromatic rings. The first kappa shape index (κ1) is 44.2. The maximum absolute atomic E-state index is 13.6. The Morgan fingerprint density at radius 3 is 1.43 bits per heavy atom. The normalized spacial score (nSPS) is 13.0. The fourth-order valence-electron chi connectivity index (χ4n) is 4.30. The van der Waals surface area contributed by atoms with E-state index in [4.69, 9.17) is 45.2 Å². The lowest BCUT2D eigenvalue weighted by Crippen LogP contribution is -2.58. The van der Waals surface area contributed by atoms with Crippen molar-refractivity contribution < 1.29 is 33.9 Å². The maximum Gasteiger partial charge on any atom is 0.322 e. The molecule has 0 aliphatic heterocycles. The fraction of sp³-hybridized carbons (Fsp3) is 0.714. The van der Waals surface area contributed by atoms with Gasteiger partial charge in [0.1, 0.15) is 24.7 Å². The van der Waals surface area contributed by atoms with Gasteiger partial charge in [0, 0.05) is 13.1 Å². The number of aliphatic imine (C=N–C) groups is 2. The highest BCUT2D eigenvalue weighted by molar-refractivity contribution is 5.95. The fourth-order valence-corrected chi connectivity index (χ4v) is 4.30. The van der Waals surface area contributed by atoms with Crippen LogP contribution in [0.15, 0.2) is 9.98 Å². The third kappa shape index (κ3) is 22.4. The van der Waals surface area contributed by atoms with Crippen LogP contribution in [0.25, 0.3) is 0 Å². The maximum atomic E-state index is 13.6. The van der Waals surface area contributed by atoms with E-state index in [0.717, 1.165) is 0 Å². The zero-order valence-corrected chi connectivity index (χ0v) is 28.0. The van der Waals surface area contributed by atoms with Crippen molar-refractivity contribution in [1.82, 2.24) is 26.6 Å². The van der Waals surface area contributed by atoms with Crippen LogP contribution in [0.5, 0.6) is 0 Å². The van der Waals surface area contributed by atoms with Crippen LogP contribution >= 0.6 is 0 Å². The third-order valence-electron chi connectivity index (χ3n) is 6.90. The van der Waals surface area contributed by atoms with Crippen molar-refractivity contribution in [3.05, 3.63) is 0 Å². The lowest BCUT2D eigenvalue weighted by Gasteiger charge is -2.26. The SMILES string of the molecule is NCCCCC(N)C(=O)NC(CCCN=C(N)N)C(=O)NC(CCCCN)C(=O)NC(CCCN=C(N)N)C(=O)NCC(=O)NCC(=O)O. The molecule has 0 aromatic carbocycles. The highest BCUT2D eigenvalue weighted by Gasteiger charge is 2.30. The first-order valence-corrected chi connectivity index (χ1v) is 16.2. The number of guanidine groups is 2. The van der Waals surface area contributed by atoms with Crippen LogP contribution in [0.3, 0.4) is 0 Å². The van der Waals surface area contributed by atoms with E-state index in [1.54, 1.807) is 0 Å². The van der Waals surface area contributed by atoms with Gasteiger partial charge in [0.25, 0.3) is 0 Å². The largest absolute Gasteiger partial charge is 0.480 e. The predicted molar refractivity (Wildman–Crippen MR) is 183 cm³/mol.